The van der Waals surface area contributed by atoms with Gasteiger partial charge in [-0.05, 0) is 37.0 Å². The number of likely N-dealkylation sites (tertiary alicyclic amines) is 1. The Balaban J connectivity index is 1.74. The molecule has 1 heterocycles. The van der Waals surface area contributed by atoms with Gasteiger partial charge >= 0.3 is 0 Å². The number of ether oxygens (including phenoxy) is 1. The molecule has 5 nitrogen and oxygen atoms in total. The van der Waals surface area contributed by atoms with E-state index in [1.165, 1.54) is 19.2 Å². The molecule has 0 radical (unpaired) electrons. The monoisotopic (exact) mass is 263 g/mol. The van der Waals surface area contributed by atoms with Crippen LogP contribution in [0.5, 0.6) is 11.5 Å². The number of amides is 1. The zero-order valence-corrected chi connectivity index (χ0v) is 10.8. The summed E-state index contributed by atoms with van der Waals surface area (Å²) in [6, 6.07) is 4.56. The Hall–Kier alpha value is -1.75. The molecule has 2 fully saturated rings. The standard InChI is InChI=1S/C14H17NO4/c1-19-10-4-5-12(16)11(6-10)13(17)15-7-14(18,8-15)9-2-3-9/h4-6,9,16,18H,2-3,7-8H2,1H3. The topological polar surface area (TPSA) is 70.0 Å². The zero-order chi connectivity index (χ0) is 13.6. The van der Waals surface area contributed by atoms with E-state index in [2.05, 4.69) is 0 Å². The number of phenols is 1. The molecule has 0 bridgehead atoms. The molecule has 3 rings (SSSR count). The fourth-order valence-corrected chi connectivity index (χ4v) is 2.62. The molecule has 102 valence electrons. The minimum Gasteiger partial charge on any atom is -0.507 e. The lowest BCUT2D eigenvalue weighted by Gasteiger charge is -2.47. The SMILES string of the molecule is COc1ccc(O)c(C(=O)N2CC(O)(C3CC3)C2)c1. The van der Waals surface area contributed by atoms with Crippen LogP contribution in [0.1, 0.15) is 23.2 Å². The number of hydrogen-bond acceptors (Lipinski definition) is 4. The summed E-state index contributed by atoms with van der Waals surface area (Å²) in [4.78, 5) is 13.8. The third-order valence-electron chi connectivity index (χ3n) is 3.99. The molecule has 0 aromatic heterocycles. The van der Waals surface area contributed by atoms with E-state index in [4.69, 9.17) is 4.74 Å². The number of nitrogens with zero attached hydrogens (tertiary/aromatic N) is 1. The summed E-state index contributed by atoms with van der Waals surface area (Å²) in [5, 5.41) is 20.0. The van der Waals surface area contributed by atoms with E-state index < -0.39 is 5.60 Å². The Labute approximate surface area is 111 Å². The van der Waals surface area contributed by atoms with Crippen molar-refractivity contribution in [1.29, 1.82) is 0 Å². The molecular formula is C14H17NO4. The van der Waals surface area contributed by atoms with Crippen molar-refractivity contribution in [2.45, 2.75) is 18.4 Å². The van der Waals surface area contributed by atoms with Crippen molar-refractivity contribution in [3.8, 4) is 11.5 Å². The van der Waals surface area contributed by atoms with E-state index in [0.29, 0.717) is 24.8 Å². The first-order valence-electron chi connectivity index (χ1n) is 6.42. The third kappa shape index (κ3) is 2.04. The molecule has 1 saturated heterocycles. The van der Waals surface area contributed by atoms with E-state index >= 15 is 0 Å². The van der Waals surface area contributed by atoms with E-state index in [0.717, 1.165) is 12.8 Å². The van der Waals surface area contributed by atoms with Crippen LogP contribution in [0.25, 0.3) is 0 Å². The number of carbonyl (C=O) groups is 1. The summed E-state index contributed by atoms with van der Waals surface area (Å²) in [5.41, 5.74) is -0.485. The van der Waals surface area contributed by atoms with Gasteiger partial charge in [0.2, 0.25) is 0 Å². The highest BCUT2D eigenvalue weighted by atomic mass is 16.5. The van der Waals surface area contributed by atoms with Crippen LogP contribution in [-0.4, -0.2) is 46.8 Å². The molecule has 1 aromatic rings. The van der Waals surface area contributed by atoms with Crippen LogP contribution in [0.2, 0.25) is 0 Å². The quantitative estimate of drug-likeness (QED) is 0.853. The van der Waals surface area contributed by atoms with E-state index in [9.17, 15) is 15.0 Å². The van der Waals surface area contributed by atoms with Crippen molar-refractivity contribution in [3.63, 3.8) is 0 Å². The summed E-state index contributed by atoms with van der Waals surface area (Å²) >= 11 is 0. The number of phenolic OH excluding ortho intramolecular Hbond substituents is 1. The molecule has 5 heteroatoms. The van der Waals surface area contributed by atoms with Gasteiger partial charge in [-0.25, -0.2) is 0 Å². The Morgan fingerprint density at radius 2 is 2.11 bits per heavy atom. The van der Waals surface area contributed by atoms with Gasteiger partial charge in [-0.2, -0.15) is 0 Å². The van der Waals surface area contributed by atoms with Crippen LogP contribution in [-0.2, 0) is 0 Å². The van der Waals surface area contributed by atoms with Crippen molar-refractivity contribution in [1.82, 2.24) is 4.90 Å². The van der Waals surface area contributed by atoms with Crippen molar-refractivity contribution in [2.75, 3.05) is 20.2 Å². The van der Waals surface area contributed by atoms with E-state index in [1.54, 1.807) is 11.0 Å². The normalized spacial score (nSPS) is 20.8. The molecule has 1 saturated carbocycles. The number of benzene rings is 1. The number of rotatable bonds is 3. The van der Waals surface area contributed by atoms with Gasteiger partial charge in [-0.3, -0.25) is 4.79 Å². The second kappa shape index (κ2) is 4.13. The summed E-state index contributed by atoms with van der Waals surface area (Å²) in [6.45, 7) is 0.709. The predicted molar refractivity (Wildman–Crippen MR) is 68.2 cm³/mol. The van der Waals surface area contributed by atoms with Crippen LogP contribution >= 0.6 is 0 Å². The van der Waals surface area contributed by atoms with Crippen molar-refractivity contribution >= 4 is 5.91 Å². The fraction of sp³-hybridized carbons (Fsp3) is 0.500. The molecule has 1 aliphatic heterocycles. The van der Waals surface area contributed by atoms with Crippen LogP contribution in [0.15, 0.2) is 18.2 Å². The average Bonchev–Trinajstić information content (AvgIpc) is 3.19. The first-order chi connectivity index (χ1) is 9.03. The summed E-state index contributed by atoms with van der Waals surface area (Å²) in [7, 11) is 1.51. The minimum atomic E-state index is -0.704. The first kappa shape index (κ1) is 12.3. The maximum atomic E-state index is 12.2. The Morgan fingerprint density at radius 1 is 1.42 bits per heavy atom. The van der Waals surface area contributed by atoms with Crippen LogP contribution < -0.4 is 4.74 Å². The molecule has 1 aliphatic carbocycles. The van der Waals surface area contributed by atoms with Crippen molar-refractivity contribution < 1.29 is 19.7 Å². The Bertz CT molecular complexity index is 518. The zero-order valence-electron chi connectivity index (χ0n) is 10.8. The maximum absolute atomic E-state index is 12.2. The molecular weight excluding hydrogens is 246 g/mol. The summed E-state index contributed by atoms with van der Waals surface area (Å²) in [5.74, 6) is 0.545. The van der Waals surface area contributed by atoms with Gasteiger partial charge in [-0.15, -0.1) is 0 Å². The number of hydrogen-bond donors (Lipinski definition) is 2. The lowest BCUT2D eigenvalue weighted by Crippen LogP contribution is -2.64. The van der Waals surface area contributed by atoms with Crippen molar-refractivity contribution in [2.24, 2.45) is 5.92 Å². The fourth-order valence-electron chi connectivity index (χ4n) is 2.62. The smallest absolute Gasteiger partial charge is 0.257 e. The highest BCUT2D eigenvalue weighted by Gasteiger charge is 2.53. The average molecular weight is 263 g/mol. The van der Waals surface area contributed by atoms with E-state index in [-0.39, 0.29) is 17.2 Å². The Kier molecular flexibility index (Phi) is 2.67. The highest BCUT2D eigenvalue weighted by Crippen LogP contribution is 2.45. The molecule has 2 aliphatic rings. The van der Waals surface area contributed by atoms with Crippen LogP contribution in [0.4, 0.5) is 0 Å². The van der Waals surface area contributed by atoms with Crippen LogP contribution in [0.3, 0.4) is 0 Å². The summed E-state index contributed by atoms with van der Waals surface area (Å²) < 4.78 is 5.05. The molecule has 0 unspecified atom stereocenters. The second-order valence-electron chi connectivity index (χ2n) is 5.42. The molecule has 1 aromatic carbocycles. The lowest BCUT2D eigenvalue weighted by atomic mass is 9.88. The van der Waals surface area contributed by atoms with Gasteiger partial charge in [0.25, 0.3) is 5.91 Å². The number of aromatic hydroxyl groups is 1. The second-order valence-corrected chi connectivity index (χ2v) is 5.42. The number of methoxy groups -OCH3 is 1. The number of β-amino-alcohol motifs (C(OH)–C–C–N with tert-alkyl or cyclic N) is 1. The lowest BCUT2D eigenvalue weighted by molar-refractivity contribution is -0.0958. The molecule has 1 amide bonds. The van der Waals surface area contributed by atoms with Crippen molar-refractivity contribution in [3.05, 3.63) is 23.8 Å². The molecule has 0 atom stereocenters. The van der Waals surface area contributed by atoms with Gasteiger partial charge in [0.1, 0.15) is 17.1 Å². The Morgan fingerprint density at radius 3 is 2.68 bits per heavy atom. The van der Waals surface area contributed by atoms with Gasteiger partial charge in [0, 0.05) is 0 Å². The van der Waals surface area contributed by atoms with E-state index in [1.807, 2.05) is 0 Å². The number of carbonyl (C=O) groups excluding carboxylic acids is 1. The first-order valence-corrected chi connectivity index (χ1v) is 6.42. The number of aliphatic hydroxyl groups is 1. The summed E-state index contributed by atoms with van der Waals surface area (Å²) in [6.07, 6.45) is 2.09. The minimum absolute atomic E-state index is 0.0624. The molecule has 19 heavy (non-hydrogen) atoms. The van der Waals surface area contributed by atoms with Gasteiger partial charge < -0.3 is 19.8 Å². The molecule has 0 spiro atoms. The highest BCUT2D eigenvalue weighted by molar-refractivity contribution is 5.97. The van der Waals surface area contributed by atoms with Gasteiger partial charge in [0.05, 0.1) is 25.8 Å². The third-order valence-corrected chi connectivity index (χ3v) is 3.99. The predicted octanol–water partition coefficient (Wildman–Crippen LogP) is 0.998. The maximum Gasteiger partial charge on any atom is 0.257 e. The largest absolute Gasteiger partial charge is 0.507 e. The van der Waals surface area contributed by atoms with Gasteiger partial charge in [0.15, 0.2) is 0 Å². The van der Waals surface area contributed by atoms with Gasteiger partial charge in [-0.1, -0.05) is 0 Å². The molecule has 2 N–H and O–H groups in total. The van der Waals surface area contributed by atoms with Crippen LogP contribution in [0, 0.1) is 5.92 Å².